The van der Waals surface area contributed by atoms with Crippen molar-refractivity contribution in [3.63, 3.8) is 0 Å². The number of ether oxygens (including phenoxy) is 3. The molecule has 27 heavy (non-hydrogen) atoms. The maximum atomic E-state index is 12.2. The van der Waals surface area contributed by atoms with Crippen LogP contribution in [-0.2, 0) is 14.3 Å². The minimum absolute atomic E-state index is 0.000743. The summed E-state index contributed by atoms with van der Waals surface area (Å²) in [7, 11) is 0. The van der Waals surface area contributed by atoms with Gasteiger partial charge in [0, 0.05) is 25.9 Å². The molecule has 7 nitrogen and oxygen atoms in total. The van der Waals surface area contributed by atoms with Crippen LogP contribution in [0.15, 0.2) is 18.2 Å². The van der Waals surface area contributed by atoms with Crippen molar-refractivity contribution < 1.29 is 23.8 Å². The molecule has 7 heteroatoms. The number of carbonyl (C=O) groups excluding carboxylic acids is 2. The highest BCUT2D eigenvalue weighted by Gasteiger charge is 2.19. The molecular formula is C20H30N2O5. The van der Waals surface area contributed by atoms with Gasteiger partial charge in [-0.15, -0.1) is 0 Å². The van der Waals surface area contributed by atoms with Crippen molar-refractivity contribution in [2.75, 3.05) is 39.5 Å². The van der Waals surface area contributed by atoms with E-state index in [1.54, 1.807) is 4.90 Å². The van der Waals surface area contributed by atoms with E-state index in [-0.39, 0.29) is 30.7 Å². The minimum atomic E-state index is -0.189. The van der Waals surface area contributed by atoms with Gasteiger partial charge in [-0.1, -0.05) is 6.07 Å². The van der Waals surface area contributed by atoms with Crippen molar-refractivity contribution >= 4 is 11.8 Å². The Kier molecular flexibility index (Phi) is 8.39. The van der Waals surface area contributed by atoms with E-state index >= 15 is 0 Å². The molecule has 0 spiro atoms. The molecule has 0 bridgehead atoms. The van der Waals surface area contributed by atoms with E-state index in [4.69, 9.17) is 14.2 Å². The number of nitrogens with one attached hydrogen (secondary N) is 1. The first kappa shape index (κ1) is 21.0. The Morgan fingerprint density at radius 1 is 1.11 bits per heavy atom. The smallest absolute Gasteiger partial charge is 0.223 e. The SMILES string of the molecule is CCOc1ccc([C@@H](C)NC(=O)CCC(=O)N2CCOCC2)cc1OCC. The Labute approximate surface area is 161 Å². The van der Waals surface area contributed by atoms with Gasteiger partial charge in [-0.25, -0.2) is 0 Å². The molecular weight excluding hydrogens is 348 g/mol. The molecule has 1 fully saturated rings. The first-order chi connectivity index (χ1) is 13.0. The van der Waals surface area contributed by atoms with Crippen molar-refractivity contribution in [3.05, 3.63) is 23.8 Å². The molecule has 0 saturated carbocycles. The van der Waals surface area contributed by atoms with Gasteiger partial charge in [-0.3, -0.25) is 9.59 Å². The maximum absolute atomic E-state index is 12.2. The number of carbonyl (C=O) groups is 2. The second-order valence-corrected chi connectivity index (χ2v) is 6.35. The zero-order valence-corrected chi connectivity index (χ0v) is 16.5. The summed E-state index contributed by atoms with van der Waals surface area (Å²) < 4.78 is 16.4. The van der Waals surface area contributed by atoms with Crippen LogP contribution in [-0.4, -0.2) is 56.2 Å². The highest BCUT2D eigenvalue weighted by Crippen LogP contribution is 2.30. The van der Waals surface area contributed by atoms with Crippen LogP contribution in [0.25, 0.3) is 0 Å². The Hall–Kier alpha value is -2.28. The molecule has 0 aromatic heterocycles. The largest absolute Gasteiger partial charge is 0.490 e. The number of amides is 2. The third-order valence-corrected chi connectivity index (χ3v) is 4.37. The molecule has 150 valence electrons. The highest BCUT2D eigenvalue weighted by atomic mass is 16.5. The number of nitrogens with zero attached hydrogens (tertiary/aromatic N) is 1. The Balaban J connectivity index is 1.87. The predicted octanol–water partition coefficient (Wildman–Crippen LogP) is 2.30. The van der Waals surface area contributed by atoms with Crippen LogP contribution in [0.4, 0.5) is 0 Å². The molecule has 0 radical (unpaired) electrons. The van der Waals surface area contributed by atoms with Crippen LogP contribution >= 0.6 is 0 Å². The van der Waals surface area contributed by atoms with Gasteiger partial charge in [0.25, 0.3) is 0 Å². The molecule has 1 N–H and O–H groups in total. The van der Waals surface area contributed by atoms with E-state index in [0.717, 1.165) is 5.56 Å². The lowest BCUT2D eigenvalue weighted by Crippen LogP contribution is -2.41. The zero-order valence-electron chi connectivity index (χ0n) is 16.5. The van der Waals surface area contributed by atoms with Gasteiger partial charge in [0.2, 0.25) is 11.8 Å². The Bertz CT molecular complexity index is 629. The number of hydrogen-bond acceptors (Lipinski definition) is 5. The first-order valence-corrected chi connectivity index (χ1v) is 9.59. The number of benzene rings is 1. The number of rotatable bonds is 9. The van der Waals surface area contributed by atoms with Crippen molar-refractivity contribution in [1.29, 1.82) is 0 Å². The van der Waals surface area contributed by atoms with Crippen molar-refractivity contribution in [3.8, 4) is 11.5 Å². The number of morpholine rings is 1. The quantitative estimate of drug-likeness (QED) is 0.713. The fourth-order valence-electron chi connectivity index (χ4n) is 2.93. The lowest BCUT2D eigenvalue weighted by molar-refractivity contribution is -0.137. The van der Waals surface area contributed by atoms with Crippen LogP contribution in [0.5, 0.6) is 11.5 Å². The molecule has 1 aromatic rings. The van der Waals surface area contributed by atoms with Gasteiger partial charge in [0.15, 0.2) is 11.5 Å². The monoisotopic (exact) mass is 378 g/mol. The fourth-order valence-corrected chi connectivity index (χ4v) is 2.93. The Morgan fingerprint density at radius 2 is 1.78 bits per heavy atom. The molecule has 2 rings (SSSR count). The standard InChI is InChI=1S/C20H30N2O5/c1-4-26-17-7-6-16(14-18(17)27-5-2)15(3)21-19(23)8-9-20(24)22-10-12-25-13-11-22/h6-7,14-15H,4-5,8-13H2,1-3H3,(H,21,23)/t15-/m1/s1. The molecule has 1 aliphatic heterocycles. The summed E-state index contributed by atoms with van der Waals surface area (Å²) in [6.45, 7) is 9.17. The highest BCUT2D eigenvalue weighted by molar-refractivity contribution is 5.84. The van der Waals surface area contributed by atoms with E-state index in [0.29, 0.717) is 51.0 Å². The van der Waals surface area contributed by atoms with E-state index in [1.165, 1.54) is 0 Å². The molecule has 1 heterocycles. The summed E-state index contributed by atoms with van der Waals surface area (Å²) in [4.78, 5) is 26.1. The van der Waals surface area contributed by atoms with Gasteiger partial charge < -0.3 is 24.4 Å². The van der Waals surface area contributed by atoms with E-state index < -0.39 is 0 Å². The average molecular weight is 378 g/mol. The molecule has 0 aliphatic carbocycles. The summed E-state index contributed by atoms with van der Waals surface area (Å²) in [6, 6.07) is 5.47. The van der Waals surface area contributed by atoms with Gasteiger partial charge in [-0.05, 0) is 38.5 Å². The average Bonchev–Trinajstić information content (AvgIpc) is 2.68. The van der Waals surface area contributed by atoms with Crippen LogP contribution < -0.4 is 14.8 Å². The molecule has 1 saturated heterocycles. The second-order valence-electron chi connectivity index (χ2n) is 6.35. The van der Waals surface area contributed by atoms with Gasteiger partial charge in [-0.2, -0.15) is 0 Å². The third-order valence-electron chi connectivity index (χ3n) is 4.37. The van der Waals surface area contributed by atoms with Gasteiger partial charge in [0.05, 0.1) is 32.5 Å². The fraction of sp³-hybridized carbons (Fsp3) is 0.600. The minimum Gasteiger partial charge on any atom is -0.490 e. The van der Waals surface area contributed by atoms with E-state index in [9.17, 15) is 9.59 Å². The Morgan fingerprint density at radius 3 is 2.44 bits per heavy atom. The second kappa shape index (κ2) is 10.8. The summed E-state index contributed by atoms with van der Waals surface area (Å²) >= 11 is 0. The van der Waals surface area contributed by atoms with E-state index in [1.807, 2.05) is 39.0 Å². The lowest BCUT2D eigenvalue weighted by atomic mass is 10.1. The van der Waals surface area contributed by atoms with Gasteiger partial charge >= 0.3 is 0 Å². The molecule has 0 unspecified atom stereocenters. The van der Waals surface area contributed by atoms with Crippen molar-refractivity contribution in [2.45, 2.75) is 39.7 Å². The summed E-state index contributed by atoms with van der Waals surface area (Å²) in [5.41, 5.74) is 0.926. The van der Waals surface area contributed by atoms with Gasteiger partial charge in [0.1, 0.15) is 0 Å². The maximum Gasteiger partial charge on any atom is 0.223 e. The predicted molar refractivity (Wildman–Crippen MR) is 102 cm³/mol. The van der Waals surface area contributed by atoms with Crippen LogP contribution in [0.1, 0.15) is 45.2 Å². The number of hydrogen-bond donors (Lipinski definition) is 1. The molecule has 1 atom stereocenters. The normalized spacial score (nSPS) is 15.1. The van der Waals surface area contributed by atoms with Crippen LogP contribution in [0, 0.1) is 0 Å². The molecule has 1 aliphatic rings. The first-order valence-electron chi connectivity index (χ1n) is 9.59. The molecule has 1 aromatic carbocycles. The topological polar surface area (TPSA) is 77.1 Å². The van der Waals surface area contributed by atoms with Crippen LogP contribution in [0.3, 0.4) is 0 Å². The third kappa shape index (κ3) is 6.43. The summed E-state index contributed by atoms with van der Waals surface area (Å²) in [6.07, 6.45) is 0.391. The summed E-state index contributed by atoms with van der Waals surface area (Å²) in [5.74, 6) is 1.22. The van der Waals surface area contributed by atoms with E-state index in [2.05, 4.69) is 5.32 Å². The lowest BCUT2D eigenvalue weighted by Gasteiger charge is -2.26. The summed E-state index contributed by atoms with van der Waals surface area (Å²) in [5, 5.41) is 2.94. The molecule has 2 amide bonds. The van der Waals surface area contributed by atoms with Crippen LogP contribution in [0.2, 0.25) is 0 Å². The zero-order chi connectivity index (χ0) is 19.6. The van der Waals surface area contributed by atoms with Crippen molar-refractivity contribution in [1.82, 2.24) is 10.2 Å². The van der Waals surface area contributed by atoms with Crippen molar-refractivity contribution in [2.24, 2.45) is 0 Å².